The number of benzene rings is 4. The Bertz CT molecular complexity index is 1920. The van der Waals surface area contributed by atoms with Gasteiger partial charge in [0.25, 0.3) is 11.8 Å². The third kappa shape index (κ3) is 5.02. The maximum Gasteiger partial charge on any atom is 0.261 e. The summed E-state index contributed by atoms with van der Waals surface area (Å²) in [6.45, 7) is 0.812. The van der Waals surface area contributed by atoms with Gasteiger partial charge in [0, 0.05) is 22.5 Å². The number of hydrogen-bond donors (Lipinski definition) is 3. The van der Waals surface area contributed by atoms with Crippen molar-refractivity contribution in [3.8, 4) is 11.4 Å². The molecular formula is C28H13F9N4O2. The second-order valence-corrected chi connectivity index (χ2v) is 9.00. The SMILES string of the molecule is Cc1c(F)c(F)c(C(=O)Nc2ccc(-c3nc4ccc(NC(=O)c5c(F)c(F)c(F)c(F)c5F)cc4[nH]3)cc2)c(F)c1F. The van der Waals surface area contributed by atoms with E-state index in [-0.39, 0.29) is 22.7 Å². The zero-order valence-corrected chi connectivity index (χ0v) is 21.2. The zero-order valence-electron chi connectivity index (χ0n) is 21.2. The quantitative estimate of drug-likeness (QED) is 0.111. The lowest BCUT2D eigenvalue weighted by Crippen LogP contribution is -2.19. The second kappa shape index (κ2) is 10.8. The molecule has 0 bridgehead atoms. The summed E-state index contributed by atoms with van der Waals surface area (Å²) < 4.78 is 124. The lowest BCUT2D eigenvalue weighted by molar-refractivity contribution is 0.100. The molecule has 0 aliphatic carbocycles. The first kappa shape index (κ1) is 29.2. The first-order chi connectivity index (χ1) is 20.3. The smallest absolute Gasteiger partial charge is 0.261 e. The Balaban J connectivity index is 1.35. The van der Waals surface area contributed by atoms with E-state index in [1.807, 2.05) is 5.32 Å². The van der Waals surface area contributed by atoms with Crippen LogP contribution >= 0.6 is 0 Å². The summed E-state index contributed by atoms with van der Waals surface area (Å²) in [6.07, 6.45) is 0. The number of carbonyl (C=O) groups excluding carboxylic acids is 2. The number of rotatable bonds is 5. The average molecular weight is 608 g/mol. The number of nitrogens with zero attached hydrogens (tertiary/aromatic N) is 1. The van der Waals surface area contributed by atoms with Gasteiger partial charge in [-0.15, -0.1) is 0 Å². The molecule has 0 atom stereocenters. The van der Waals surface area contributed by atoms with Gasteiger partial charge in [-0.2, -0.15) is 0 Å². The highest BCUT2D eigenvalue weighted by molar-refractivity contribution is 6.06. The summed E-state index contributed by atoms with van der Waals surface area (Å²) in [5.74, 6) is -21.5. The van der Waals surface area contributed by atoms with Crippen LogP contribution in [-0.2, 0) is 0 Å². The number of halogens is 9. The van der Waals surface area contributed by atoms with Crippen molar-refractivity contribution in [3.05, 3.63) is 112 Å². The molecule has 43 heavy (non-hydrogen) atoms. The lowest BCUT2D eigenvalue weighted by Gasteiger charge is -2.10. The molecule has 0 saturated carbocycles. The lowest BCUT2D eigenvalue weighted by atomic mass is 10.1. The minimum absolute atomic E-state index is 0.00295. The van der Waals surface area contributed by atoms with Crippen LogP contribution in [0.2, 0.25) is 0 Å². The van der Waals surface area contributed by atoms with Gasteiger partial charge in [0.1, 0.15) is 17.0 Å². The highest BCUT2D eigenvalue weighted by Gasteiger charge is 2.30. The van der Waals surface area contributed by atoms with Crippen molar-refractivity contribution in [1.29, 1.82) is 0 Å². The predicted octanol–water partition coefficient (Wildman–Crippen LogP) is 7.29. The second-order valence-electron chi connectivity index (χ2n) is 9.00. The summed E-state index contributed by atoms with van der Waals surface area (Å²) >= 11 is 0. The van der Waals surface area contributed by atoms with E-state index in [0.29, 0.717) is 11.1 Å². The first-order valence-electron chi connectivity index (χ1n) is 11.9. The Hall–Kier alpha value is -5.34. The van der Waals surface area contributed by atoms with Gasteiger partial charge in [0.15, 0.2) is 46.5 Å². The molecule has 15 heteroatoms. The number of carbonyl (C=O) groups is 2. The van der Waals surface area contributed by atoms with E-state index < -0.39 is 80.9 Å². The van der Waals surface area contributed by atoms with Crippen molar-refractivity contribution in [2.45, 2.75) is 6.92 Å². The summed E-state index contributed by atoms with van der Waals surface area (Å²) in [6, 6.07) is 9.34. The van der Waals surface area contributed by atoms with Crippen molar-refractivity contribution >= 4 is 34.2 Å². The van der Waals surface area contributed by atoms with E-state index in [4.69, 9.17) is 0 Å². The highest BCUT2D eigenvalue weighted by Crippen LogP contribution is 2.28. The molecule has 0 radical (unpaired) electrons. The molecule has 0 unspecified atom stereocenters. The van der Waals surface area contributed by atoms with Gasteiger partial charge in [0.2, 0.25) is 5.82 Å². The van der Waals surface area contributed by atoms with Crippen molar-refractivity contribution < 1.29 is 49.1 Å². The van der Waals surface area contributed by atoms with Gasteiger partial charge in [-0.1, -0.05) is 0 Å². The fraction of sp³-hybridized carbons (Fsp3) is 0.0357. The number of imidazole rings is 1. The number of H-pyrrole nitrogens is 1. The van der Waals surface area contributed by atoms with Gasteiger partial charge in [-0.05, 0) is 49.4 Å². The Morgan fingerprint density at radius 3 is 1.58 bits per heavy atom. The van der Waals surface area contributed by atoms with Gasteiger partial charge >= 0.3 is 0 Å². The van der Waals surface area contributed by atoms with Crippen molar-refractivity contribution in [2.75, 3.05) is 10.6 Å². The van der Waals surface area contributed by atoms with Gasteiger partial charge in [-0.3, -0.25) is 9.59 Å². The van der Waals surface area contributed by atoms with Crippen molar-refractivity contribution in [3.63, 3.8) is 0 Å². The van der Waals surface area contributed by atoms with Crippen molar-refractivity contribution in [1.82, 2.24) is 9.97 Å². The van der Waals surface area contributed by atoms with E-state index in [1.54, 1.807) is 0 Å². The Morgan fingerprint density at radius 1 is 0.605 bits per heavy atom. The van der Waals surface area contributed by atoms with Crippen LogP contribution in [0.15, 0.2) is 42.5 Å². The van der Waals surface area contributed by atoms with E-state index in [9.17, 15) is 49.1 Å². The number of amides is 2. The van der Waals surface area contributed by atoms with E-state index in [1.165, 1.54) is 42.5 Å². The molecule has 5 aromatic rings. The maximum absolute atomic E-state index is 14.2. The van der Waals surface area contributed by atoms with E-state index in [2.05, 4.69) is 15.3 Å². The molecule has 0 aliphatic heterocycles. The van der Waals surface area contributed by atoms with Crippen LogP contribution in [0.4, 0.5) is 50.9 Å². The standard InChI is InChI=1S/C28H13F9N4O2/c1-9-17(29)19(31)15(20(32)18(9)30)27(42)38-11-4-2-10(3-5-11)26-40-13-7-6-12(8-14(13)41-26)39-28(43)16-21(33)23(35)25(37)24(36)22(16)34/h2-8H,1H3,(H,38,42)(H,39,43)(H,40,41). The fourth-order valence-electron chi connectivity index (χ4n) is 4.07. The van der Waals surface area contributed by atoms with E-state index in [0.717, 1.165) is 6.92 Å². The minimum atomic E-state index is -2.41. The minimum Gasteiger partial charge on any atom is -0.338 e. The molecule has 3 N–H and O–H groups in total. The number of hydrogen-bond acceptors (Lipinski definition) is 3. The number of nitrogens with one attached hydrogen (secondary N) is 3. The average Bonchev–Trinajstić information content (AvgIpc) is 3.41. The molecule has 1 aromatic heterocycles. The Labute approximate surface area is 234 Å². The Morgan fingerprint density at radius 2 is 1.05 bits per heavy atom. The molecule has 220 valence electrons. The normalized spacial score (nSPS) is 11.2. The summed E-state index contributed by atoms with van der Waals surface area (Å²) in [5, 5.41) is 4.18. The van der Waals surface area contributed by atoms with Crippen LogP contribution in [-0.4, -0.2) is 21.8 Å². The highest BCUT2D eigenvalue weighted by atomic mass is 19.2. The first-order valence-corrected chi connectivity index (χ1v) is 11.9. The number of aromatic nitrogens is 2. The summed E-state index contributed by atoms with van der Waals surface area (Å²) in [4.78, 5) is 31.9. The zero-order chi connectivity index (χ0) is 31.3. The van der Waals surface area contributed by atoms with Gasteiger partial charge in [0.05, 0.1) is 11.0 Å². The molecule has 1 heterocycles. The fourth-order valence-corrected chi connectivity index (χ4v) is 4.07. The van der Waals surface area contributed by atoms with Crippen LogP contribution in [0.25, 0.3) is 22.4 Å². The molecule has 0 saturated heterocycles. The monoisotopic (exact) mass is 608 g/mol. The molecule has 0 spiro atoms. The Kier molecular flexibility index (Phi) is 7.33. The molecule has 4 aromatic carbocycles. The third-order valence-corrected chi connectivity index (χ3v) is 6.30. The number of aromatic amines is 1. The van der Waals surface area contributed by atoms with E-state index >= 15 is 0 Å². The molecule has 0 aliphatic rings. The van der Waals surface area contributed by atoms with Crippen LogP contribution in [0.3, 0.4) is 0 Å². The largest absolute Gasteiger partial charge is 0.338 e. The third-order valence-electron chi connectivity index (χ3n) is 6.30. The number of fused-ring (bicyclic) bond motifs is 1. The van der Waals surface area contributed by atoms with Crippen LogP contribution < -0.4 is 10.6 Å². The van der Waals surface area contributed by atoms with Crippen molar-refractivity contribution in [2.24, 2.45) is 0 Å². The topological polar surface area (TPSA) is 86.9 Å². The molecule has 6 nitrogen and oxygen atoms in total. The van der Waals surface area contributed by atoms with Crippen LogP contribution in [0.5, 0.6) is 0 Å². The predicted molar refractivity (Wildman–Crippen MR) is 135 cm³/mol. The van der Waals surface area contributed by atoms with Crippen LogP contribution in [0, 0.1) is 59.3 Å². The number of anilines is 2. The van der Waals surface area contributed by atoms with Gasteiger partial charge in [-0.25, -0.2) is 44.5 Å². The summed E-state index contributed by atoms with van der Waals surface area (Å²) in [5.41, 5.74) is -3.10. The van der Waals surface area contributed by atoms with Crippen LogP contribution in [0.1, 0.15) is 26.3 Å². The molecule has 0 fully saturated rings. The maximum atomic E-state index is 14.2. The molecular weight excluding hydrogens is 595 g/mol. The summed E-state index contributed by atoms with van der Waals surface area (Å²) in [7, 11) is 0. The van der Waals surface area contributed by atoms with Gasteiger partial charge < -0.3 is 15.6 Å². The molecule has 2 amide bonds. The molecule has 5 rings (SSSR count).